The number of aryl methyl sites for hydroxylation is 1. The van der Waals surface area contributed by atoms with Crippen molar-refractivity contribution in [3.8, 4) is 0 Å². The summed E-state index contributed by atoms with van der Waals surface area (Å²) in [5, 5.41) is 0.818. The molecule has 0 saturated carbocycles. The van der Waals surface area contributed by atoms with Crippen LogP contribution in [0.15, 0.2) is 22.7 Å². The van der Waals surface area contributed by atoms with Crippen LogP contribution in [-0.2, 0) is 0 Å². The lowest BCUT2D eigenvalue weighted by molar-refractivity contribution is 1.45. The summed E-state index contributed by atoms with van der Waals surface area (Å²) in [5.41, 5.74) is 1.10. The van der Waals surface area contributed by atoms with Gasteiger partial charge in [-0.2, -0.15) is 0 Å². The second kappa shape index (κ2) is 4.60. The van der Waals surface area contributed by atoms with Crippen molar-refractivity contribution in [2.75, 3.05) is 0 Å². The van der Waals surface area contributed by atoms with Crippen LogP contribution in [0.1, 0.15) is 5.56 Å². The summed E-state index contributed by atoms with van der Waals surface area (Å²) >= 11 is 9.10. The van der Waals surface area contributed by atoms with E-state index in [4.69, 9.17) is 11.6 Å². The average molecular weight is 230 g/mol. The van der Waals surface area contributed by atoms with Crippen molar-refractivity contribution < 1.29 is 0 Å². The van der Waals surface area contributed by atoms with Gasteiger partial charge in [0, 0.05) is 32.5 Å². The number of hydrogen-bond donors (Lipinski definition) is 0. The second-order valence-corrected chi connectivity index (χ2v) is 3.22. The number of benzene rings is 1. The molecule has 0 nitrogen and oxygen atoms in total. The van der Waals surface area contributed by atoms with E-state index in [1.54, 1.807) is 0 Å². The highest BCUT2D eigenvalue weighted by molar-refractivity contribution is 9.10. The summed E-state index contributed by atoms with van der Waals surface area (Å²) in [6.07, 6.45) is 0. The molecule has 0 saturated heterocycles. The fourth-order valence-corrected chi connectivity index (χ4v) is 1.20. The minimum atomic E-state index is 0. The molecule has 0 aromatic heterocycles. The van der Waals surface area contributed by atoms with Crippen LogP contribution in [0.5, 0.6) is 0 Å². The average Bonchev–Trinajstić information content (AvgIpc) is 1.80. The van der Waals surface area contributed by atoms with Gasteiger partial charge in [0.25, 0.3) is 0 Å². The highest BCUT2D eigenvalue weighted by atomic mass is 79.9. The van der Waals surface area contributed by atoms with Crippen LogP contribution >= 0.6 is 27.5 Å². The molecule has 0 amide bonds. The Balaban J connectivity index is 0.000000810. The highest BCUT2D eigenvalue weighted by Crippen LogP contribution is 2.19. The fourth-order valence-electron chi connectivity index (χ4n) is 0.608. The zero-order valence-corrected chi connectivity index (χ0v) is 9.45. The van der Waals surface area contributed by atoms with Crippen molar-refractivity contribution in [3.63, 3.8) is 0 Å². The second-order valence-electron chi connectivity index (χ2n) is 1.89. The lowest BCUT2D eigenvalue weighted by Crippen LogP contribution is -1.72. The Morgan fingerprint density at radius 2 is 2.00 bits per heavy atom. The van der Waals surface area contributed by atoms with E-state index in [9.17, 15) is 0 Å². The van der Waals surface area contributed by atoms with Gasteiger partial charge in [0.1, 0.15) is 0 Å². The molecule has 50 valence electrons. The van der Waals surface area contributed by atoms with Crippen molar-refractivity contribution in [2.24, 2.45) is 0 Å². The van der Waals surface area contributed by atoms with Crippen LogP contribution in [0.3, 0.4) is 0 Å². The van der Waals surface area contributed by atoms with Gasteiger partial charge in [-0.25, -0.2) is 0 Å². The van der Waals surface area contributed by atoms with Crippen molar-refractivity contribution >= 4 is 50.6 Å². The van der Waals surface area contributed by atoms with Gasteiger partial charge in [-0.1, -0.05) is 27.5 Å². The molecular weight excluding hydrogens is 224 g/mol. The SMILES string of the molecule is Cc1cc(Br)ccc1Cl.[Mg]. The Kier molecular flexibility index (Phi) is 4.94. The topological polar surface area (TPSA) is 0 Å². The molecule has 0 fully saturated rings. The minimum Gasteiger partial charge on any atom is -0.0841 e. The summed E-state index contributed by atoms with van der Waals surface area (Å²) in [6.45, 7) is 1.98. The quantitative estimate of drug-likeness (QED) is 0.600. The summed E-state index contributed by atoms with van der Waals surface area (Å²) in [4.78, 5) is 0. The van der Waals surface area contributed by atoms with Crippen LogP contribution in [0, 0.1) is 6.92 Å². The van der Waals surface area contributed by atoms with Crippen molar-refractivity contribution in [1.29, 1.82) is 0 Å². The summed E-state index contributed by atoms with van der Waals surface area (Å²) in [7, 11) is 0. The maximum atomic E-state index is 5.76. The molecule has 0 unspecified atom stereocenters. The number of rotatable bonds is 0. The normalized spacial score (nSPS) is 8.70. The van der Waals surface area contributed by atoms with Crippen molar-refractivity contribution in [3.05, 3.63) is 33.3 Å². The third-order valence-corrected chi connectivity index (χ3v) is 2.04. The highest BCUT2D eigenvalue weighted by Gasteiger charge is 1.92. The van der Waals surface area contributed by atoms with Gasteiger partial charge in [-0.15, -0.1) is 0 Å². The number of halogens is 2. The first-order valence-electron chi connectivity index (χ1n) is 2.62. The minimum absolute atomic E-state index is 0. The van der Waals surface area contributed by atoms with Crippen LogP contribution in [0.25, 0.3) is 0 Å². The molecule has 10 heavy (non-hydrogen) atoms. The third kappa shape index (κ3) is 2.78. The molecule has 0 spiro atoms. The van der Waals surface area contributed by atoms with Crippen LogP contribution in [0.2, 0.25) is 5.02 Å². The smallest absolute Gasteiger partial charge is 0.0435 e. The first kappa shape index (κ1) is 10.8. The first-order chi connectivity index (χ1) is 4.20. The van der Waals surface area contributed by atoms with Crippen LogP contribution in [0.4, 0.5) is 0 Å². The molecule has 0 bridgehead atoms. The third-order valence-electron chi connectivity index (χ3n) is 1.12. The van der Waals surface area contributed by atoms with Gasteiger partial charge in [0.15, 0.2) is 0 Å². The van der Waals surface area contributed by atoms with E-state index in [2.05, 4.69) is 15.9 Å². The summed E-state index contributed by atoms with van der Waals surface area (Å²) in [6, 6.07) is 5.79. The zero-order chi connectivity index (χ0) is 6.85. The molecule has 0 heterocycles. The molecular formula is C7H6BrClMg. The molecule has 0 N–H and O–H groups in total. The number of hydrogen-bond acceptors (Lipinski definition) is 0. The van der Waals surface area contributed by atoms with Gasteiger partial charge < -0.3 is 0 Å². The van der Waals surface area contributed by atoms with Crippen molar-refractivity contribution in [2.45, 2.75) is 6.92 Å². The lowest BCUT2D eigenvalue weighted by atomic mass is 10.2. The predicted octanol–water partition coefficient (Wildman–Crippen LogP) is 3.03. The molecule has 1 rings (SSSR count). The zero-order valence-electron chi connectivity index (χ0n) is 5.70. The predicted molar refractivity (Wildman–Crippen MR) is 49.6 cm³/mol. The van der Waals surface area contributed by atoms with E-state index in [1.165, 1.54) is 0 Å². The first-order valence-corrected chi connectivity index (χ1v) is 3.79. The maximum Gasteiger partial charge on any atom is 0.0435 e. The fraction of sp³-hybridized carbons (Fsp3) is 0.143. The molecule has 1 aromatic rings. The molecule has 3 heteroatoms. The van der Waals surface area contributed by atoms with E-state index >= 15 is 0 Å². The maximum absolute atomic E-state index is 5.76. The molecule has 2 radical (unpaired) electrons. The Morgan fingerprint density at radius 3 is 2.40 bits per heavy atom. The Hall–Kier alpha value is 0.756. The molecule has 0 atom stereocenters. The Bertz CT molecular complexity index is 225. The van der Waals surface area contributed by atoms with Crippen LogP contribution < -0.4 is 0 Å². The molecule has 0 aliphatic carbocycles. The molecule has 0 aliphatic rings. The van der Waals surface area contributed by atoms with Gasteiger partial charge in [0.2, 0.25) is 0 Å². The van der Waals surface area contributed by atoms with Gasteiger partial charge in [-0.3, -0.25) is 0 Å². The summed E-state index contributed by atoms with van der Waals surface area (Å²) in [5.74, 6) is 0. The van der Waals surface area contributed by atoms with E-state index in [1.807, 2.05) is 25.1 Å². The summed E-state index contributed by atoms with van der Waals surface area (Å²) < 4.78 is 1.07. The standard InChI is InChI=1S/C7H6BrCl.Mg/c1-5-4-6(8)2-3-7(5)9;/h2-4H,1H3;. The van der Waals surface area contributed by atoms with E-state index in [-0.39, 0.29) is 23.1 Å². The van der Waals surface area contributed by atoms with E-state index in [0.29, 0.717) is 0 Å². The molecule has 0 aliphatic heterocycles. The van der Waals surface area contributed by atoms with E-state index < -0.39 is 0 Å². The van der Waals surface area contributed by atoms with Gasteiger partial charge >= 0.3 is 0 Å². The van der Waals surface area contributed by atoms with Crippen molar-refractivity contribution in [1.82, 2.24) is 0 Å². The molecule has 1 aromatic carbocycles. The van der Waals surface area contributed by atoms with E-state index in [0.717, 1.165) is 15.1 Å². The Labute approximate surface area is 90.2 Å². The van der Waals surface area contributed by atoms with Gasteiger partial charge in [0.05, 0.1) is 0 Å². The lowest BCUT2D eigenvalue weighted by Gasteiger charge is -1.95. The monoisotopic (exact) mass is 228 g/mol. The largest absolute Gasteiger partial charge is 0.0841 e. The van der Waals surface area contributed by atoms with Crippen LogP contribution in [-0.4, -0.2) is 23.1 Å². The Morgan fingerprint density at radius 1 is 1.40 bits per heavy atom. The van der Waals surface area contributed by atoms with Gasteiger partial charge in [-0.05, 0) is 30.7 Å².